The molecule has 0 saturated carbocycles. The van der Waals surface area contributed by atoms with E-state index in [9.17, 15) is 19.7 Å². The number of hydrogen-bond acceptors (Lipinski definition) is 6. The average molecular weight is 424 g/mol. The van der Waals surface area contributed by atoms with Crippen molar-refractivity contribution in [2.75, 3.05) is 0 Å². The molecule has 1 atom stereocenters. The van der Waals surface area contributed by atoms with Gasteiger partial charge < -0.3 is 9.64 Å². The molecule has 2 aromatic carbocycles. The predicted molar refractivity (Wildman–Crippen MR) is 113 cm³/mol. The van der Waals surface area contributed by atoms with Gasteiger partial charge >= 0.3 is 11.0 Å². The van der Waals surface area contributed by atoms with Crippen LogP contribution in [0.25, 0.3) is 0 Å². The van der Waals surface area contributed by atoms with Crippen molar-refractivity contribution in [3.8, 4) is 0 Å². The molecular weight excluding hydrogens is 404 g/mol. The highest BCUT2D eigenvalue weighted by molar-refractivity contribution is 7.17. The normalized spacial score (nSPS) is 11.5. The van der Waals surface area contributed by atoms with Gasteiger partial charge in [0.25, 0.3) is 5.91 Å². The summed E-state index contributed by atoms with van der Waals surface area (Å²) in [6.45, 7) is 2.23. The molecule has 0 spiro atoms. The molecule has 3 aromatic rings. The number of hydrogen-bond donors (Lipinski definition) is 0. The summed E-state index contributed by atoms with van der Waals surface area (Å²) in [5.41, 5.74) is 1.91. The Bertz CT molecular complexity index is 979. The van der Waals surface area contributed by atoms with E-state index < -0.39 is 17.0 Å². The maximum Gasteiger partial charge on any atom is 0.349 e. The summed E-state index contributed by atoms with van der Waals surface area (Å²) in [5.74, 6) is -1.10. The van der Waals surface area contributed by atoms with Crippen molar-refractivity contribution in [2.24, 2.45) is 0 Å². The lowest BCUT2D eigenvalue weighted by molar-refractivity contribution is -0.380. The Morgan fingerprint density at radius 1 is 0.967 bits per heavy atom. The number of nitrogens with zero attached hydrogens (tertiary/aromatic N) is 2. The molecule has 7 nitrogen and oxygen atoms in total. The fraction of sp³-hybridized carbons (Fsp3) is 0.182. The third kappa shape index (κ3) is 5.51. The summed E-state index contributed by atoms with van der Waals surface area (Å²) in [5, 5.41) is 10.7. The van der Waals surface area contributed by atoms with Crippen molar-refractivity contribution in [3.63, 3.8) is 0 Å². The van der Waals surface area contributed by atoms with Crippen molar-refractivity contribution < 1.29 is 19.2 Å². The maximum absolute atomic E-state index is 13.1. The lowest BCUT2D eigenvalue weighted by Gasteiger charge is -2.26. The van der Waals surface area contributed by atoms with Gasteiger partial charge in [-0.3, -0.25) is 14.9 Å². The van der Waals surface area contributed by atoms with Crippen LogP contribution in [0.4, 0.5) is 5.00 Å². The zero-order valence-corrected chi connectivity index (χ0v) is 17.1. The van der Waals surface area contributed by atoms with Gasteiger partial charge in [0.05, 0.1) is 4.92 Å². The zero-order valence-electron chi connectivity index (χ0n) is 16.3. The molecule has 3 rings (SSSR count). The highest BCUT2D eigenvalue weighted by atomic mass is 32.1. The number of nitro groups is 1. The third-order valence-corrected chi connectivity index (χ3v) is 5.37. The lowest BCUT2D eigenvalue weighted by Crippen LogP contribution is -2.39. The van der Waals surface area contributed by atoms with Crippen LogP contribution >= 0.6 is 11.3 Å². The summed E-state index contributed by atoms with van der Waals surface area (Å²) in [6, 6.07) is 21.6. The van der Waals surface area contributed by atoms with E-state index in [-0.39, 0.29) is 15.8 Å². The number of benzene rings is 2. The number of ether oxygens (including phenoxy) is 1. The number of carbonyl (C=O) groups excluding carboxylic acids is 2. The van der Waals surface area contributed by atoms with Crippen molar-refractivity contribution in [2.45, 2.75) is 26.1 Å². The van der Waals surface area contributed by atoms with Crippen LogP contribution in [0.3, 0.4) is 0 Å². The average Bonchev–Trinajstić information content (AvgIpc) is 3.25. The standard InChI is InChI=1S/C22H20N2O5S/c1-16(29-22(26)19-12-13-20(30-19)24(27)28)21(25)23(14-17-8-4-2-5-9-17)15-18-10-6-3-7-11-18/h2-13,16H,14-15H2,1H3. The Kier molecular flexibility index (Phi) is 6.92. The van der Waals surface area contributed by atoms with E-state index in [1.807, 2.05) is 60.7 Å². The third-order valence-electron chi connectivity index (χ3n) is 4.35. The molecule has 1 amide bonds. The van der Waals surface area contributed by atoms with Crippen LogP contribution in [0.2, 0.25) is 0 Å². The summed E-state index contributed by atoms with van der Waals surface area (Å²) in [6.07, 6.45) is -1.04. The molecule has 8 heteroatoms. The van der Waals surface area contributed by atoms with Gasteiger partial charge in [-0.25, -0.2) is 4.79 Å². The van der Waals surface area contributed by atoms with E-state index in [2.05, 4.69) is 0 Å². The quantitative estimate of drug-likeness (QED) is 0.303. The lowest BCUT2D eigenvalue weighted by atomic mass is 10.1. The van der Waals surface area contributed by atoms with E-state index in [4.69, 9.17) is 4.74 Å². The molecule has 1 heterocycles. The fourth-order valence-electron chi connectivity index (χ4n) is 2.88. The highest BCUT2D eigenvalue weighted by Gasteiger charge is 2.26. The zero-order chi connectivity index (χ0) is 21.5. The van der Waals surface area contributed by atoms with Gasteiger partial charge in [-0.2, -0.15) is 0 Å². The number of amides is 1. The van der Waals surface area contributed by atoms with Gasteiger partial charge in [-0.15, -0.1) is 0 Å². The minimum absolute atomic E-state index is 0.0824. The topological polar surface area (TPSA) is 89.7 Å². The Hall–Kier alpha value is -3.52. The van der Waals surface area contributed by atoms with Gasteiger partial charge in [0, 0.05) is 19.2 Å². The molecule has 0 aliphatic carbocycles. The first-order chi connectivity index (χ1) is 14.4. The molecule has 1 unspecified atom stereocenters. The van der Waals surface area contributed by atoms with Gasteiger partial charge in [0.1, 0.15) is 4.88 Å². The van der Waals surface area contributed by atoms with Crippen LogP contribution in [-0.2, 0) is 22.6 Å². The van der Waals surface area contributed by atoms with Gasteiger partial charge in [0.2, 0.25) is 0 Å². The number of rotatable bonds is 8. The monoisotopic (exact) mass is 424 g/mol. The predicted octanol–water partition coefficient (Wildman–Crippen LogP) is 4.43. The van der Waals surface area contributed by atoms with E-state index >= 15 is 0 Å². The van der Waals surface area contributed by atoms with Gasteiger partial charge in [-0.1, -0.05) is 72.0 Å². The molecule has 0 N–H and O–H groups in total. The summed E-state index contributed by atoms with van der Waals surface area (Å²) >= 11 is 0.718. The maximum atomic E-state index is 13.1. The molecule has 0 radical (unpaired) electrons. The first-order valence-corrected chi connectivity index (χ1v) is 10.1. The molecule has 154 valence electrons. The van der Waals surface area contributed by atoms with Crippen LogP contribution in [-0.4, -0.2) is 27.8 Å². The second kappa shape index (κ2) is 9.80. The molecule has 0 aliphatic rings. The first kappa shape index (κ1) is 21.2. The number of esters is 1. The first-order valence-electron chi connectivity index (χ1n) is 9.26. The molecule has 0 aliphatic heterocycles. The van der Waals surface area contributed by atoms with Crippen LogP contribution < -0.4 is 0 Å². The molecule has 1 aromatic heterocycles. The van der Waals surface area contributed by atoms with E-state index in [1.54, 1.807) is 4.90 Å². The SMILES string of the molecule is CC(OC(=O)c1ccc([N+](=O)[O-])s1)C(=O)N(Cc1ccccc1)Cc1ccccc1. The van der Waals surface area contributed by atoms with Crippen LogP contribution in [0, 0.1) is 10.1 Å². The minimum Gasteiger partial charge on any atom is -0.448 e. The molecular formula is C22H20N2O5S. The second-order valence-electron chi connectivity index (χ2n) is 6.61. The van der Waals surface area contributed by atoms with Crippen molar-refractivity contribution in [1.29, 1.82) is 0 Å². The Morgan fingerprint density at radius 3 is 1.97 bits per heavy atom. The minimum atomic E-state index is -1.04. The summed E-state index contributed by atoms with van der Waals surface area (Å²) in [7, 11) is 0. The molecule has 30 heavy (non-hydrogen) atoms. The Labute approximate surface area is 177 Å². The van der Waals surface area contributed by atoms with E-state index in [1.165, 1.54) is 19.1 Å². The van der Waals surface area contributed by atoms with Crippen LogP contribution in [0.5, 0.6) is 0 Å². The highest BCUT2D eigenvalue weighted by Crippen LogP contribution is 2.25. The van der Waals surface area contributed by atoms with Crippen LogP contribution in [0.15, 0.2) is 72.8 Å². The second-order valence-corrected chi connectivity index (χ2v) is 7.67. The van der Waals surface area contributed by atoms with Gasteiger partial charge in [0.15, 0.2) is 6.10 Å². The van der Waals surface area contributed by atoms with Crippen molar-refractivity contribution in [3.05, 3.63) is 98.9 Å². The molecule has 0 saturated heterocycles. The fourth-order valence-corrected chi connectivity index (χ4v) is 3.58. The number of thiophene rings is 1. The summed E-state index contributed by atoms with van der Waals surface area (Å²) < 4.78 is 5.31. The van der Waals surface area contributed by atoms with E-state index in [0.29, 0.717) is 13.1 Å². The van der Waals surface area contributed by atoms with Gasteiger partial charge in [-0.05, 0) is 24.1 Å². The van der Waals surface area contributed by atoms with Crippen molar-refractivity contribution in [1.82, 2.24) is 4.90 Å². The Balaban J connectivity index is 1.73. The molecule has 0 bridgehead atoms. The largest absolute Gasteiger partial charge is 0.448 e. The van der Waals surface area contributed by atoms with Crippen LogP contribution in [0.1, 0.15) is 27.7 Å². The smallest absolute Gasteiger partial charge is 0.349 e. The molecule has 0 fully saturated rings. The summed E-state index contributed by atoms with van der Waals surface area (Å²) in [4.78, 5) is 37.3. The number of carbonyl (C=O) groups is 2. The Morgan fingerprint density at radius 2 is 1.50 bits per heavy atom. The van der Waals surface area contributed by atoms with E-state index in [0.717, 1.165) is 22.5 Å². The van der Waals surface area contributed by atoms with Crippen molar-refractivity contribution >= 4 is 28.2 Å².